The van der Waals surface area contributed by atoms with Crippen LogP contribution in [0.4, 0.5) is 0 Å². The first-order chi connectivity index (χ1) is 9.02. The number of nitrogens with one attached hydrogen (secondary N) is 1. The van der Waals surface area contributed by atoms with Crippen LogP contribution in [0.25, 0.3) is 0 Å². The zero-order chi connectivity index (χ0) is 14.3. The molecule has 1 aliphatic heterocycles. The molecule has 1 fully saturated rings. The first-order valence-corrected chi connectivity index (χ1v) is 7.81. The van der Waals surface area contributed by atoms with Gasteiger partial charge < -0.3 is 16.0 Å². The number of likely N-dealkylation sites (tertiary alicyclic amines) is 1. The molecule has 0 aromatic heterocycles. The molecule has 4 nitrogen and oxygen atoms in total. The number of hydrogen-bond acceptors (Lipinski definition) is 3. The topological polar surface area (TPSA) is 58.4 Å². The molecule has 1 aliphatic rings. The van der Waals surface area contributed by atoms with E-state index in [1.54, 1.807) is 0 Å². The number of rotatable bonds is 7. The van der Waals surface area contributed by atoms with Gasteiger partial charge in [-0.3, -0.25) is 4.79 Å². The van der Waals surface area contributed by atoms with Crippen molar-refractivity contribution in [2.45, 2.75) is 65.0 Å². The molecule has 19 heavy (non-hydrogen) atoms. The van der Waals surface area contributed by atoms with Crippen LogP contribution in [0.15, 0.2) is 0 Å². The summed E-state index contributed by atoms with van der Waals surface area (Å²) >= 11 is 0. The second kappa shape index (κ2) is 8.54. The molecule has 1 amide bonds. The summed E-state index contributed by atoms with van der Waals surface area (Å²) in [5, 5.41) is 3.20. The van der Waals surface area contributed by atoms with Gasteiger partial charge in [-0.05, 0) is 39.2 Å². The van der Waals surface area contributed by atoms with E-state index in [-0.39, 0.29) is 17.9 Å². The number of carbonyl (C=O) groups excluding carboxylic acids is 1. The maximum atomic E-state index is 12.1. The van der Waals surface area contributed by atoms with Crippen molar-refractivity contribution in [3.05, 3.63) is 0 Å². The Morgan fingerprint density at radius 2 is 1.95 bits per heavy atom. The quantitative estimate of drug-likeness (QED) is 0.740. The van der Waals surface area contributed by atoms with Gasteiger partial charge in [-0.1, -0.05) is 20.3 Å². The Balaban J connectivity index is 2.19. The number of nitrogens with two attached hydrogens (primary N) is 1. The molecule has 4 heteroatoms. The highest BCUT2D eigenvalue weighted by Crippen LogP contribution is 2.13. The maximum Gasteiger partial charge on any atom is 0.223 e. The zero-order valence-corrected chi connectivity index (χ0v) is 12.8. The van der Waals surface area contributed by atoms with Gasteiger partial charge in [0, 0.05) is 31.1 Å². The lowest BCUT2D eigenvalue weighted by atomic mass is 9.99. The largest absolute Gasteiger partial charge is 0.353 e. The van der Waals surface area contributed by atoms with Crippen LogP contribution in [0, 0.1) is 5.92 Å². The molecule has 0 radical (unpaired) electrons. The number of amides is 1. The molecule has 1 saturated heterocycles. The van der Waals surface area contributed by atoms with E-state index in [9.17, 15) is 4.79 Å². The van der Waals surface area contributed by atoms with Crippen LogP contribution in [-0.4, -0.2) is 42.5 Å². The standard InChI is InChI=1S/C15H31N3O/c1-4-18-10-8-14(9-11-18)17-15(19)12(2)6-5-7-13(3)16/h12-14H,4-11,16H2,1-3H3,(H,17,19). The fourth-order valence-electron chi connectivity index (χ4n) is 2.61. The van der Waals surface area contributed by atoms with Crippen molar-refractivity contribution in [1.82, 2.24) is 10.2 Å². The summed E-state index contributed by atoms with van der Waals surface area (Å²) < 4.78 is 0. The predicted molar refractivity (Wildman–Crippen MR) is 79.9 cm³/mol. The van der Waals surface area contributed by atoms with Crippen molar-refractivity contribution in [3.63, 3.8) is 0 Å². The Labute approximate surface area is 118 Å². The molecule has 0 saturated carbocycles. The van der Waals surface area contributed by atoms with Crippen LogP contribution >= 0.6 is 0 Å². The second-order valence-corrected chi connectivity index (χ2v) is 6.03. The van der Waals surface area contributed by atoms with E-state index in [0.29, 0.717) is 6.04 Å². The minimum absolute atomic E-state index is 0.114. The van der Waals surface area contributed by atoms with Gasteiger partial charge in [0.2, 0.25) is 5.91 Å². The van der Waals surface area contributed by atoms with Crippen molar-refractivity contribution in [2.24, 2.45) is 11.7 Å². The van der Waals surface area contributed by atoms with Crippen molar-refractivity contribution in [2.75, 3.05) is 19.6 Å². The third-order valence-corrected chi connectivity index (χ3v) is 4.13. The van der Waals surface area contributed by atoms with Crippen LogP contribution in [0.5, 0.6) is 0 Å². The summed E-state index contributed by atoms with van der Waals surface area (Å²) in [5.74, 6) is 0.336. The van der Waals surface area contributed by atoms with Crippen LogP contribution in [0.3, 0.4) is 0 Å². The maximum absolute atomic E-state index is 12.1. The van der Waals surface area contributed by atoms with Gasteiger partial charge in [0.15, 0.2) is 0 Å². The van der Waals surface area contributed by atoms with E-state index in [0.717, 1.165) is 51.7 Å². The molecule has 1 rings (SSSR count). The smallest absolute Gasteiger partial charge is 0.223 e. The Morgan fingerprint density at radius 3 is 2.47 bits per heavy atom. The highest BCUT2D eigenvalue weighted by Gasteiger charge is 2.21. The molecule has 2 atom stereocenters. The fourth-order valence-corrected chi connectivity index (χ4v) is 2.61. The Bertz CT molecular complexity index is 260. The second-order valence-electron chi connectivity index (χ2n) is 6.03. The Hall–Kier alpha value is -0.610. The average Bonchev–Trinajstić information content (AvgIpc) is 2.39. The molecule has 3 N–H and O–H groups in total. The third-order valence-electron chi connectivity index (χ3n) is 4.13. The SMILES string of the molecule is CCN1CCC(NC(=O)C(C)CCCC(C)N)CC1. The number of carbonyl (C=O) groups is 1. The van der Waals surface area contributed by atoms with Crippen molar-refractivity contribution in [3.8, 4) is 0 Å². The van der Waals surface area contributed by atoms with E-state index in [1.165, 1.54) is 0 Å². The molecule has 0 bridgehead atoms. The summed E-state index contributed by atoms with van der Waals surface area (Å²) in [4.78, 5) is 14.5. The van der Waals surface area contributed by atoms with Crippen molar-refractivity contribution < 1.29 is 4.79 Å². The van der Waals surface area contributed by atoms with Gasteiger partial charge in [0.25, 0.3) is 0 Å². The molecule has 2 unspecified atom stereocenters. The summed E-state index contributed by atoms with van der Waals surface area (Å²) in [6.45, 7) is 9.58. The molecular weight excluding hydrogens is 238 g/mol. The van der Waals surface area contributed by atoms with Gasteiger partial charge in [0.1, 0.15) is 0 Å². The van der Waals surface area contributed by atoms with E-state index >= 15 is 0 Å². The summed E-state index contributed by atoms with van der Waals surface area (Å²) in [7, 11) is 0. The Morgan fingerprint density at radius 1 is 1.32 bits per heavy atom. The molecular formula is C15H31N3O. The summed E-state index contributed by atoms with van der Waals surface area (Å²) in [6.07, 6.45) is 5.17. The van der Waals surface area contributed by atoms with Crippen LogP contribution in [-0.2, 0) is 4.79 Å². The van der Waals surface area contributed by atoms with Gasteiger partial charge in [-0.25, -0.2) is 0 Å². The number of hydrogen-bond donors (Lipinski definition) is 2. The lowest BCUT2D eigenvalue weighted by Gasteiger charge is -2.32. The Kier molecular flexibility index (Phi) is 7.39. The minimum Gasteiger partial charge on any atom is -0.353 e. The fraction of sp³-hybridized carbons (Fsp3) is 0.933. The average molecular weight is 269 g/mol. The molecule has 0 aliphatic carbocycles. The first kappa shape index (κ1) is 16.4. The van der Waals surface area contributed by atoms with Crippen LogP contribution in [0.1, 0.15) is 52.9 Å². The molecule has 1 heterocycles. The number of piperidine rings is 1. The van der Waals surface area contributed by atoms with Gasteiger partial charge in [-0.2, -0.15) is 0 Å². The summed E-state index contributed by atoms with van der Waals surface area (Å²) in [6, 6.07) is 0.625. The molecule has 112 valence electrons. The van der Waals surface area contributed by atoms with E-state index in [1.807, 2.05) is 13.8 Å². The van der Waals surface area contributed by atoms with Crippen LogP contribution < -0.4 is 11.1 Å². The van der Waals surface area contributed by atoms with Crippen LogP contribution in [0.2, 0.25) is 0 Å². The highest BCUT2D eigenvalue weighted by atomic mass is 16.1. The minimum atomic E-state index is 0.114. The molecule has 0 aromatic rings. The van der Waals surface area contributed by atoms with Gasteiger partial charge in [-0.15, -0.1) is 0 Å². The lowest BCUT2D eigenvalue weighted by molar-refractivity contribution is -0.125. The monoisotopic (exact) mass is 269 g/mol. The highest BCUT2D eigenvalue weighted by molar-refractivity contribution is 5.78. The lowest BCUT2D eigenvalue weighted by Crippen LogP contribution is -2.45. The van der Waals surface area contributed by atoms with E-state index in [2.05, 4.69) is 17.1 Å². The number of nitrogens with zero attached hydrogens (tertiary/aromatic N) is 1. The normalized spacial score (nSPS) is 21.1. The van der Waals surface area contributed by atoms with E-state index < -0.39 is 0 Å². The molecule has 0 spiro atoms. The first-order valence-electron chi connectivity index (χ1n) is 7.81. The predicted octanol–water partition coefficient (Wildman–Crippen LogP) is 1.74. The molecule has 0 aromatic carbocycles. The van der Waals surface area contributed by atoms with Gasteiger partial charge in [0.05, 0.1) is 0 Å². The van der Waals surface area contributed by atoms with Crippen molar-refractivity contribution >= 4 is 5.91 Å². The van der Waals surface area contributed by atoms with Gasteiger partial charge >= 0.3 is 0 Å². The van der Waals surface area contributed by atoms with E-state index in [4.69, 9.17) is 5.73 Å². The van der Waals surface area contributed by atoms with Crippen molar-refractivity contribution in [1.29, 1.82) is 0 Å². The zero-order valence-electron chi connectivity index (χ0n) is 12.8. The third kappa shape index (κ3) is 6.39. The summed E-state index contributed by atoms with van der Waals surface area (Å²) in [5.41, 5.74) is 5.73.